The topological polar surface area (TPSA) is 43.2 Å². The lowest BCUT2D eigenvalue weighted by Crippen LogP contribution is -2.22. The fourth-order valence-corrected chi connectivity index (χ4v) is 4.06. The smallest absolute Gasteiger partial charge is 0.0537 e. The van der Waals surface area contributed by atoms with Crippen LogP contribution in [0.1, 0.15) is 42.6 Å². The van der Waals surface area contributed by atoms with Gasteiger partial charge < -0.3 is 4.74 Å². The number of aromatic nitrogens is 3. The summed E-state index contributed by atoms with van der Waals surface area (Å²) in [5.74, 6) is 1.80. The Balaban J connectivity index is 1.43. The van der Waals surface area contributed by atoms with Crippen LogP contribution in [0.4, 0.5) is 0 Å². The molecule has 4 rings (SSSR count). The molecule has 2 fully saturated rings. The average Bonchev–Trinajstić information content (AvgIpc) is 3.30. The van der Waals surface area contributed by atoms with E-state index in [0.717, 1.165) is 45.3 Å². The quantitative estimate of drug-likeness (QED) is 0.730. The van der Waals surface area contributed by atoms with Gasteiger partial charge >= 0.3 is 0 Å². The Kier molecular flexibility index (Phi) is 5.36. The van der Waals surface area contributed by atoms with Crippen molar-refractivity contribution in [2.45, 2.75) is 45.7 Å². The van der Waals surface area contributed by atoms with E-state index in [9.17, 15) is 0 Å². The van der Waals surface area contributed by atoms with Gasteiger partial charge in [-0.25, -0.2) is 0 Å². The van der Waals surface area contributed by atoms with E-state index in [1.54, 1.807) is 0 Å². The zero-order valence-electron chi connectivity index (χ0n) is 16.0. The maximum atomic E-state index is 6.07. The molecule has 0 radical (unpaired) electrons. The minimum Gasteiger partial charge on any atom is -0.381 e. The molecule has 1 aliphatic carbocycles. The largest absolute Gasteiger partial charge is 0.381 e. The third-order valence-electron chi connectivity index (χ3n) is 5.87. The van der Waals surface area contributed by atoms with Gasteiger partial charge in [0.05, 0.1) is 12.8 Å². The predicted molar refractivity (Wildman–Crippen MR) is 102 cm³/mol. The van der Waals surface area contributed by atoms with Crippen molar-refractivity contribution in [1.82, 2.24) is 19.7 Å². The molecule has 0 aromatic carbocycles. The molecule has 5 heteroatoms. The molecule has 0 unspecified atom stereocenters. The van der Waals surface area contributed by atoms with E-state index in [-0.39, 0.29) is 0 Å². The van der Waals surface area contributed by atoms with Gasteiger partial charge in [-0.15, -0.1) is 0 Å². The Hall–Kier alpha value is -1.72. The fourth-order valence-electron chi connectivity index (χ4n) is 4.06. The molecule has 5 nitrogen and oxygen atoms in total. The van der Waals surface area contributed by atoms with Crippen LogP contribution in [-0.2, 0) is 17.8 Å². The van der Waals surface area contributed by atoms with E-state index in [1.807, 2.05) is 18.5 Å². The molecule has 26 heavy (non-hydrogen) atoms. The molecule has 2 aromatic heterocycles. The van der Waals surface area contributed by atoms with Gasteiger partial charge in [0, 0.05) is 67.8 Å². The second-order valence-electron chi connectivity index (χ2n) is 7.87. The standard InChI is InChI=1S/C21H30N4O/c1-3-25-16(2)18(10-23-25)11-24-12-19(15-26-14-17-7-8-17)20(13-24)21-6-4-5-9-22-21/h4-6,9-10,17,19-20H,3,7-8,11-15H2,1-2H3/t19-,20+/m0/s1. The summed E-state index contributed by atoms with van der Waals surface area (Å²) in [4.78, 5) is 7.19. The number of rotatable bonds is 8. The fraction of sp³-hybridized carbons (Fsp3) is 0.619. The van der Waals surface area contributed by atoms with E-state index in [0.29, 0.717) is 11.8 Å². The van der Waals surface area contributed by atoms with Crippen LogP contribution in [0, 0.1) is 18.8 Å². The van der Waals surface area contributed by atoms with Crippen LogP contribution in [0.2, 0.25) is 0 Å². The van der Waals surface area contributed by atoms with Crippen LogP contribution >= 0.6 is 0 Å². The van der Waals surface area contributed by atoms with Crippen molar-refractivity contribution in [2.75, 3.05) is 26.3 Å². The van der Waals surface area contributed by atoms with Crippen LogP contribution in [0.15, 0.2) is 30.6 Å². The molecule has 140 valence electrons. The van der Waals surface area contributed by atoms with E-state index >= 15 is 0 Å². The zero-order chi connectivity index (χ0) is 17.9. The lowest BCUT2D eigenvalue weighted by molar-refractivity contribution is 0.0884. The first-order valence-corrected chi connectivity index (χ1v) is 9.97. The number of likely N-dealkylation sites (tertiary alicyclic amines) is 1. The number of pyridine rings is 1. The van der Waals surface area contributed by atoms with E-state index in [1.165, 1.54) is 29.8 Å². The summed E-state index contributed by atoms with van der Waals surface area (Å²) in [5.41, 5.74) is 3.83. The van der Waals surface area contributed by atoms with Crippen LogP contribution in [0.3, 0.4) is 0 Å². The minimum absolute atomic E-state index is 0.455. The third kappa shape index (κ3) is 3.99. The molecule has 0 N–H and O–H groups in total. The molecule has 1 saturated carbocycles. The maximum absolute atomic E-state index is 6.07. The third-order valence-corrected chi connectivity index (χ3v) is 5.87. The minimum atomic E-state index is 0.455. The van der Waals surface area contributed by atoms with Gasteiger partial charge in [0.2, 0.25) is 0 Å². The van der Waals surface area contributed by atoms with Crippen LogP contribution in [0.5, 0.6) is 0 Å². The molecule has 3 heterocycles. The van der Waals surface area contributed by atoms with Gasteiger partial charge in [-0.05, 0) is 44.7 Å². The number of nitrogens with zero attached hydrogens (tertiary/aromatic N) is 4. The Morgan fingerprint density at radius 3 is 2.77 bits per heavy atom. The molecular formula is C21H30N4O. The highest BCUT2D eigenvalue weighted by molar-refractivity contribution is 5.18. The van der Waals surface area contributed by atoms with E-state index < -0.39 is 0 Å². The van der Waals surface area contributed by atoms with Crippen molar-refractivity contribution in [1.29, 1.82) is 0 Å². The van der Waals surface area contributed by atoms with E-state index in [2.05, 4.69) is 45.6 Å². The average molecular weight is 354 g/mol. The van der Waals surface area contributed by atoms with Gasteiger partial charge in [-0.2, -0.15) is 5.10 Å². The lowest BCUT2D eigenvalue weighted by Gasteiger charge is -2.17. The van der Waals surface area contributed by atoms with Gasteiger partial charge in [0.15, 0.2) is 0 Å². The Labute approximate surface area is 156 Å². The Morgan fingerprint density at radius 1 is 1.19 bits per heavy atom. The number of hydrogen-bond donors (Lipinski definition) is 0. The maximum Gasteiger partial charge on any atom is 0.0537 e. The van der Waals surface area contributed by atoms with Crippen molar-refractivity contribution in [2.24, 2.45) is 11.8 Å². The molecule has 2 aliphatic rings. The zero-order valence-corrected chi connectivity index (χ0v) is 16.0. The monoisotopic (exact) mass is 354 g/mol. The second kappa shape index (κ2) is 7.89. The number of aryl methyl sites for hydroxylation is 1. The van der Waals surface area contributed by atoms with Gasteiger partial charge in [0.25, 0.3) is 0 Å². The predicted octanol–water partition coefficient (Wildman–Crippen LogP) is 3.25. The summed E-state index contributed by atoms with van der Waals surface area (Å²) in [5, 5.41) is 4.50. The summed E-state index contributed by atoms with van der Waals surface area (Å²) in [6.07, 6.45) is 6.64. The summed E-state index contributed by atoms with van der Waals surface area (Å²) in [6.45, 7) is 10.1. The Bertz CT molecular complexity index is 710. The molecule has 0 amide bonds. The van der Waals surface area contributed by atoms with Crippen LogP contribution in [-0.4, -0.2) is 46.0 Å². The lowest BCUT2D eigenvalue weighted by atomic mass is 9.93. The van der Waals surface area contributed by atoms with Crippen LogP contribution < -0.4 is 0 Å². The molecule has 2 aromatic rings. The van der Waals surface area contributed by atoms with Gasteiger partial charge in [-0.1, -0.05) is 6.07 Å². The normalized spacial score (nSPS) is 23.6. The van der Waals surface area contributed by atoms with Gasteiger partial charge in [0.1, 0.15) is 0 Å². The van der Waals surface area contributed by atoms with Crippen LogP contribution in [0.25, 0.3) is 0 Å². The summed E-state index contributed by atoms with van der Waals surface area (Å²) >= 11 is 0. The molecular weight excluding hydrogens is 324 g/mol. The van der Waals surface area contributed by atoms with Crippen molar-refractivity contribution < 1.29 is 4.74 Å². The first-order valence-electron chi connectivity index (χ1n) is 9.97. The van der Waals surface area contributed by atoms with E-state index in [4.69, 9.17) is 4.74 Å². The first kappa shape index (κ1) is 17.7. The van der Waals surface area contributed by atoms with Crippen molar-refractivity contribution in [3.63, 3.8) is 0 Å². The van der Waals surface area contributed by atoms with Crippen molar-refractivity contribution in [3.05, 3.63) is 47.5 Å². The van der Waals surface area contributed by atoms with Crippen molar-refractivity contribution >= 4 is 0 Å². The molecule has 0 bridgehead atoms. The molecule has 2 atom stereocenters. The summed E-state index contributed by atoms with van der Waals surface area (Å²) in [7, 11) is 0. The molecule has 0 spiro atoms. The highest BCUT2D eigenvalue weighted by Gasteiger charge is 2.35. The Morgan fingerprint density at radius 2 is 2.08 bits per heavy atom. The van der Waals surface area contributed by atoms with Crippen molar-refractivity contribution in [3.8, 4) is 0 Å². The summed E-state index contributed by atoms with van der Waals surface area (Å²) in [6, 6.07) is 6.27. The molecule has 1 saturated heterocycles. The highest BCUT2D eigenvalue weighted by Crippen LogP contribution is 2.34. The summed E-state index contributed by atoms with van der Waals surface area (Å²) < 4.78 is 8.15. The number of ether oxygens (including phenoxy) is 1. The second-order valence-corrected chi connectivity index (χ2v) is 7.87. The number of hydrogen-bond acceptors (Lipinski definition) is 4. The first-order chi connectivity index (χ1) is 12.7. The van der Waals surface area contributed by atoms with Gasteiger partial charge in [-0.3, -0.25) is 14.6 Å². The molecule has 1 aliphatic heterocycles. The SMILES string of the molecule is CCn1ncc(CN2C[C@@H](COCC3CC3)[C@H](c3ccccn3)C2)c1C. The highest BCUT2D eigenvalue weighted by atomic mass is 16.5.